The molecule has 1 aromatic heterocycles. The van der Waals surface area contributed by atoms with Crippen molar-refractivity contribution < 1.29 is 4.79 Å². The highest BCUT2D eigenvalue weighted by molar-refractivity contribution is 8.18. The van der Waals surface area contributed by atoms with Gasteiger partial charge in [0.1, 0.15) is 11.7 Å². The number of aromatic amines is 1. The monoisotopic (exact) mass is 391 g/mol. The van der Waals surface area contributed by atoms with Gasteiger partial charge in [0.15, 0.2) is 9.94 Å². The Morgan fingerprint density at radius 3 is 3.08 bits per heavy atom. The molecule has 130 valence electrons. The average molecular weight is 392 g/mol. The summed E-state index contributed by atoms with van der Waals surface area (Å²) in [6.45, 7) is 4.33. The average Bonchev–Trinajstić information content (AvgIpc) is 3.14. The van der Waals surface area contributed by atoms with Crippen LogP contribution in [0, 0.1) is 10.7 Å². The maximum Gasteiger partial charge on any atom is 0.262 e. The van der Waals surface area contributed by atoms with Gasteiger partial charge in [0.25, 0.3) is 5.91 Å². The predicted molar refractivity (Wildman–Crippen MR) is 105 cm³/mol. The molecule has 9 heteroatoms. The Morgan fingerprint density at radius 1 is 1.40 bits per heavy atom. The molecule has 3 heterocycles. The highest BCUT2D eigenvalue weighted by Crippen LogP contribution is 2.47. The molecule has 4 rings (SSSR count). The number of fused-ring (bicyclic) bond motifs is 2. The number of carbonyl (C=O) groups excluding carboxylic acids is 1. The second-order valence-electron chi connectivity index (χ2n) is 6.01. The van der Waals surface area contributed by atoms with Gasteiger partial charge in [0.05, 0.1) is 10.8 Å². The van der Waals surface area contributed by atoms with Crippen LogP contribution in [0.15, 0.2) is 33.1 Å². The van der Waals surface area contributed by atoms with Gasteiger partial charge in [-0.1, -0.05) is 29.6 Å². The van der Waals surface area contributed by atoms with Crippen LogP contribution in [-0.4, -0.2) is 30.9 Å². The summed E-state index contributed by atoms with van der Waals surface area (Å²) in [6.07, 6.45) is 6.22. The Morgan fingerprint density at radius 2 is 2.24 bits per heavy atom. The number of amides is 1. The van der Waals surface area contributed by atoms with Crippen molar-refractivity contribution in [3.63, 3.8) is 0 Å². The van der Waals surface area contributed by atoms with Crippen LogP contribution >= 0.6 is 35.7 Å². The minimum Gasteiger partial charge on any atom is -0.300 e. The third-order valence-corrected chi connectivity index (χ3v) is 6.82. The van der Waals surface area contributed by atoms with Gasteiger partial charge < -0.3 is 0 Å². The number of carbonyl (C=O) groups is 1. The quantitative estimate of drug-likeness (QED) is 0.623. The summed E-state index contributed by atoms with van der Waals surface area (Å²) in [6, 6.07) is 0. The summed E-state index contributed by atoms with van der Waals surface area (Å²) in [7, 11) is 0. The summed E-state index contributed by atoms with van der Waals surface area (Å²) >= 11 is 8.31. The molecule has 0 bridgehead atoms. The van der Waals surface area contributed by atoms with Crippen molar-refractivity contribution in [3.05, 3.63) is 33.7 Å². The van der Waals surface area contributed by atoms with Crippen molar-refractivity contribution in [1.29, 1.82) is 0 Å². The maximum atomic E-state index is 12.5. The number of aromatic nitrogens is 3. The largest absolute Gasteiger partial charge is 0.300 e. The molecule has 1 amide bonds. The summed E-state index contributed by atoms with van der Waals surface area (Å²) in [5.41, 5.74) is 1.26. The van der Waals surface area contributed by atoms with Gasteiger partial charge in [0, 0.05) is 6.54 Å². The SMILES string of the molecule is C=CCn1c(CSC2=NC(=O)C3C(=N2)SC2=C3CCCC2)n[nH]c1=S. The lowest BCUT2D eigenvalue weighted by molar-refractivity contribution is -0.118. The van der Waals surface area contributed by atoms with Crippen molar-refractivity contribution in [3.8, 4) is 0 Å². The van der Waals surface area contributed by atoms with Crippen molar-refractivity contribution in [2.24, 2.45) is 15.9 Å². The molecule has 3 aliphatic rings. The third kappa shape index (κ3) is 3.20. The van der Waals surface area contributed by atoms with E-state index < -0.39 is 0 Å². The lowest BCUT2D eigenvalue weighted by atomic mass is 9.89. The molecule has 0 saturated carbocycles. The number of aliphatic imine (C=N–C) groups is 2. The predicted octanol–water partition coefficient (Wildman–Crippen LogP) is 3.85. The van der Waals surface area contributed by atoms with E-state index in [1.165, 1.54) is 28.7 Å². The highest BCUT2D eigenvalue weighted by Gasteiger charge is 2.40. The zero-order valence-corrected chi connectivity index (χ0v) is 16.0. The van der Waals surface area contributed by atoms with Crippen LogP contribution in [0.4, 0.5) is 0 Å². The van der Waals surface area contributed by atoms with Gasteiger partial charge in [-0.3, -0.25) is 14.5 Å². The zero-order chi connectivity index (χ0) is 17.4. The molecule has 1 N–H and O–H groups in total. The fraction of sp³-hybridized carbons (Fsp3) is 0.438. The van der Waals surface area contributed by atoms with Crippen LogP contribution in [0.5, 0.6) is 0 Å². The normalized spacial score (nSPS) is 22.4. The summed E-state index contributed by atoms with van der Waals surface area (Å²) in [5.74, 6) is 1.06. The molecule has 0 radical (unpaired) electrons. The van der Waals surface area contributed by atoms with Crippen LogP contribution in [-0.2, 0) is 17.1 Å². The molecule has 6 nitrogen and oxygen atoms in total. The first kappa shape index (κ1) is 17.0. The Balaban J connectivity index is 1.50. The molecule has 1 atom stereocenters. The lowest BCUT2D eigenvalue weighted by Crippen LogP contribution is -2.25. The minimum absolute atomic E-state index is 0.0724. The van der Waals surface area contributed by atoms with E-state index in [2.05, 4.69) is 26.8 Å². The van der Waals surface area contributed by atoms with E-state index in [0.717, 1.165) is 30.1 Å². The first-order chi connectivity index (χ1) is 12.2. The van der Waals surface area contributed by atoms with Crippen LogP contribution < -0.4 is 0 Å². The van der Waals surface area contributed by atoms with E-state index in [-0.39, 0.29) is 11.8 Å². The second kappa shape index (κ2) is 7.05. The van der Waals surface area contributed by atoms with E-state index >= 15 is 0 Å². The van der Waals surface area contributed by atoms with Gasteiger partial charge in [-0.15, -0.1) is 6.58 Å². The molecular weight excluding hydrogens is 374 g/mol. The summed E-state index contributed by atoms with van der Waals surface area (Å²) < 4.78 is 2.44. The van der Waals surface area contributed by atoms with Gasteiger partial charge >= 0.3 is 0 Å². The Kier molecular flexibility index (Phi) is 4.79. The molecule has 0 saturated heterocycles. The summed E-state index contributed by atoms with van der Waals surface area (Å²) in [5, 5.41) is 8.45. The molecule has 2 aliphatic heterocycles. The molecular formula is C16H17N5OS3. The number of H-pyrrole nitrogens is 1. The Bertz CT molecular complexity index is 892. The fourth-order valence-corrected chi connectivity index (χ4v) is 5.67. The number of allylic oxidation sites excluding steroid dienone is 2. The van der Waals surface area contributed by atoms with E-state index in [0.29, 0.717) is 22.2 Å². The summed E-state index contributed by atoms with van der Waals surface area (Å²) in [4.78, 5) is 22.8. The number of nitrogens with one attached hydrogen (secondary N) is 1. The number of hydrogen-bond donors (Lipinski definition) is 1. The van der Waals surface area contributed by atoms with Crippen molar-refractivity contribution in [2.75, 3.05) is 0 Å². The molecule has 0 aromatic carbocycles. The van der Waals surface area contributed by atoms with Gasteiger partial charge in [-0.25, -0.2) is 4.99 Å². The van der Waals surface area contributed by atoms with E-state index in [1.54, 1.807) is 17.8 Å². The number of hydrogen-bond acceptors (Lipinski definition) is 6. The Hall–Kier alpha value is -1.45. The smallest absolute Gasteiger partial charge is 0.262 e. The standard InChI is InChI=1S/C16H17N5OS3/c1-2-7-21-11(19-20-16(21)23)8-24-15-17-13(22)12-9-5-3-4-6-10(9)25-14(12)18-15/h2,12H,1,3-8H2,(H,20,23). The molecule has 1 unspecified atom stereocenters. The van der Waals surface area contributed by atoms with Crippen LogP contribution in [0.1, 0.15) is 31.5 Å². The van der Waals surface area contributed by atoms with Crippen LogP contribution in [0.25, 0.3) is 0 Å². The van der Waals surface area contributed by atoms with Crippen LogP contribution in [0.2, 0.25) is 0 Å². The Labute approximate surface area is 159 Å². The number of rotatable bonds is 4. The van der Waals surface area contributed by atoms with Gasteiger partial charge in [-0.2, -0.15) is 10.1 Å². The molecule has 1 aromatic rings. The van der Waals surface area contributed by atoms with Gasteiger partial charge in [0.2, 0.25) is 0 Å². The molecule has 25 heavy (non-hydrogen) atoms. The van der Waals surface area contributed by atoms with Gasteiger partial charge in [-0.05, 0) is 48.4 Å². The first-order valence-corrected chi connectivity index (χ1v) is 10.4. The highest BCUT2D eigenvalue weighted by atomic mass is 32.2. The third-order valence-electron chi connectivity index (χ3n) is 4.42. The minimum atomic E-state index is -0.208. The maximum absolute atomic E-state index is 12.5. The number of amidine groups is 1. The van der Waals surface area contributed by atoms with E-state index in [4.69, 9.17) is 12.2 Å². The van der Waals surface area contributed by atoms with Crippen molar-refractivity contribution in [2.45, 2.75) is 38.0 Å². The fourth-order valence-electron chi connectivity index (χ4n) is 3.25. The number of nitrogens with zero attached hydrogens (tertiary/aromatic N) is 4. The lowest BCUT2D eigenvalue weighted by Gasteiger charge is -2.18. The van der Waals surface area contributed by atoms with Crippen molar-refractivity contribution >= 4 is 51.9 Å². The van der Waals surface area contributed by atoms with E-state index in [9.17, 15) is 4.79 Å². The second-order valence-corrected chi connectivity index (χ2v) is 8.45. The topological polar surface area (TPSA) is 75.4 Å². The number of thioether (sulfide) groups is 2. The van der Waals surface area contributed by atoms with Crippen LogP contribution in [0.3, 0.4) is 0 Å². The van der Waals surface area contributed by atoms with E-state index in [1.807, 2.05) is 4.57 Å². The molecule has 1 aliphatic carbocycles. The molecule has 0 spiro atoms. The van der Waals surface area contributed by atoms with Crippen molar-refractivity contribution in [1.82, 2.24) is 14.8 Å². The molecule has 0 fully saturated rings. The zero-order valence-electron chi connectivity index (χ0n) is 13.5. The first-order valence-electron chi connectivity index (χ1n) is 8.16.